The van der Waals surface area contributed by atoms with Crippen molar-refractivity contribution >= 4 is 15.9 Å². The molecule has 1 aliphatic heterocycles. The summed E-state index contributed by atoms with van der Waals surface area (Å²) in [7, 11) is -3.42. The van der Waals surface area contributed by atoms with E-state index in [2.05, 4.69) is 5.32 Å². The van der Waals surface area contributed by atoms with E-state index in [1.807, 2.05) is 32.0 Å². The molecule has 0 bridgehead atoms. The minimum Gasteiger partial charge on any atom is -0.348 e. The van der Waals surface area contributed by atoms with Crippen LogP contribution in [0, 0.1) is 13.8 Å². The average Bonchev–Trinajstić information content (AvgIpc) is 2.66. The Morgan fingerprint density at radius 1 is 0.963 bits per heavy atom. The molecule has 6 heteroatoms. The minimum absolute atomic E-state index is 0.133. The third-order valence-electron chi connectivity index (χ3n) is 4.81. The Morgan fingerprint density at radius 2 is 1.56 bits per heavy atom. The van der Waals surface area contributed by atoms with Crippen LogP contribution in [-0.4, -0.2) is 31.7 Å². The lowest BCUT2D eigenvalue weighted by Gasteiger charge is -2.25. The first-order valence-corrected chi connectivity index (χ1v) is 10.8. The van der Waals surface area contributed by atoms with Crippen molar-refractivity contribution in [1.29, 1.82) is 0 Å². The van der Waals surface area contributed by atoms with Gasteiger partial charge in [0.25, 0.3) is 5.91 Å². The minimum atomic E-state index is -3.42. The van der Waals surface area contributed by atoms with Crippen LogP contribution in [0.4, 0.5) is 0 Å². The van der Waals surface area contributed by atoms with Crippen molar-refractivity contribution in [2.75, 3.05) is 13.1 Å². The summed E-state index contributed by atoms with van der Waals surface area (Å²) in [5.41, 5.74) is 3.60. The van der Waals surface area contributed by atoms with Crippen LogP contribution >= 0.6 is 0 Å². The van der Waals surface area contributed by atoms with Gasteiger partial charge in [-0.3, -0.25) is 4.79 Å². The maximum Gasteiger partial charge on any atom is 0.251 e. The topological polar surface area (TPSA) is 66.5 Å². The van der Waals surface area contributed by atoms with Crippen LogP contribution < -0.4 is 5.32 Å². The molecule has 0 aliphatic carbocycles. The van der Waals surface area contributed by atoms with E-state index in [4.69, 9.17) is 0 Å². The second-order valence-corrected chi connectivity index (χ2v) is 9.11. The second-order valence-electron chi connectivity index (χ2n) is 7.17. The molecule has 27 heavy (non-hydrogen) atoms. The Hall–Kier alpha value is -2.18. The van der Waals surface area contributed by atoms with Crippen LogP contribution in [0.25, 0.3) is 0 Å². The van der Waals surface area contributed by atoms with Crippen LogP contribution in [0.2, 0.25) is 0 Å². The summed E-state index contributed by atoms with van der Waals surface area (Å²) in [6.07, 6.45) is 2.93. The van der Waals surface area contributed by atoms with Crippen LogP contribution in [-0.2, 0) is 16.6 Å². The van der Waals surface area contributed by atoms with Crippen LogP contribution in [0.1, 0.15) is 46.3 Å². The first-order valence-electron chi connectivity index (χ1n) is 9.32. The zero-order valence-electron chi connectivity index (χ0n) is 15.9. The van der Waals surface area contributed by atoms with Crippen molar-refractivity contribution in [3.05, 3.63) is 64.7 Å². The zero-order valence-corrected chi connectivity index (χ0v) is 16.7. The first-order chi connectivity index (χ1) is 12.9. The van der Waals surface area contributed by atoms with E-state index in [9.17, 15) is 13.2 Å². The number of rotatable bonds is 5. The second kappa shape index (κ2) is 8.23. The van der Waals surface area contributed by atoms with E-state index in [1.165, 1.54) is 0 Å². The molecular weight excluding hydrogens is 360 g/mol. The number of amides is 1. The fourth-order valence-electron chi connectivity index (χ4n) is 3.42. The van der Waals surface area contributed by atoms with Gasteiger partial charge in [0.1, 0.15) is 0 Å². The fraction of sp³-hybridized carbons (Fsp3) is 0.381. The lowest BCUT2D eigenvalue weighted by Crippen LogP contribution is -2.35. The summed E-state index contributed by atoms with van der Waals surface area (Å²) in [6.45, 7) is 5.47. The average molecular weight is 387 g/mol. The number of carbonyl (C=O) groups excluding carboxylic acids is 1. The van der Waals surface area contributed by atoms with Crippen LogP contribution in [0.15, 0.2) is 47.4 Å². The Kier molecular flexibility index (Phi) is 5.97. The maximum atomic E-state index is 12.7. The third kappa shape index (κ3) is 4.76. The number of nitrogens with zero attached hydrogens (tertiary/aromatic N) is 1. The number of hydrogen-bond donors (Lipinski definition) is 1. The van der Waals surface area contributed by atoms with E-state index >= 15 is 0 Å². The molecule has 5 nitrogen and oxygen atoms in total. The van der Waals surface area contributed by atoms with Crippen molar-refractivity contribution in [3.63, 3.8) is 0 Å². The maximum absolute atomic E-state index is 12.7. The molecule has 0 saturated carbocycles. The van der Waals surface area contributed by atoms with E-state index < -0.39 is 10.0 Å². The Labute approximate surface area is 161 Å². The predicted molar refractivity (Wildman–Crippen MR) is 106 cm³/mol. The summed E-state index contributed by atoms with van der Waals surface area (Å²) in [5.74, 6) is -0.133. The summed E-state index contributed by atoms with van der Waals surface area (Å²) in [5, 5.41) is 2.89. The molecule has 1 N–H and O–H groups in total. The summed E-state index contributed by atoms with van der Waals surface area (Å²) < 4.78 is 26.9. The largest absolute Gasteiger partial charge is 0.348 e. The van der Waals surface area contributed by atoms with Gasteiger partial charge in [0, 0.05) is 25.2 Å². The Morgan fingerprint density at radius 3 is 2.15 bits per heavy atom. The van der Waals surface area contributed by atoms with Gasteiger partial charge in [-0.15, -0.1) is 0 Å². The van der Waals surface area contributed by atoms with Crippen molar-refractivity contribution in [3.8, 4) is 0 Å². The molecule has 2 aromatic carbocycles. The number of carbonyl (C=O) groups is 1. The molecule has 2 aromatic rings. The van der Waals surface area contributed by atoms with Gasteiger partial charge in [0.05, 0.1) is 4.90 Å². The molecule has 1 amide bonds. The molecule has 0 unspecified atom stereocenters. The monoisotopic (exact) mass is 386 g/mol. The molecule has 144 valence electrons. The van der Waals surface area contributed by atoms with Crippen LogP contribution in [0.3, 0.4) is 0 Å². The lowest BCUT2D eigenvalue weighted by atomic mass is 10.1. The molecule has 0 atom stereocenters. The van der Waals surface area contributed by atoms with Gasteiger partial charge >= 0.3 is 0 Å². The van der Waals surface area contributed by atoms with Gasteiger partial charge in [-0.25, -0.2) is 8.42 Å². The van der Waals surface area contributed by atoms with Gasteiger partial charge < -0.3 is 5.32 Å². The summed E-state index contributed by atoms with van der Waals surface area (Å²) >= 11 is 0. The number of benzene rings is 2. The number of nitrogens with one attached hydrogen (secondary N) is 1. The Balaban J connectivity index is 1.64. The Bertz CT molecular complexity index is 895. The van der Waals surface area contributed by atoms with Gasteiger partial charge in [-0.2, -0.15) is 4.31 Å². The van der Waals surface area contributed by atoms with Gasteiger partial charge in [-0.05, 0) is 56.5 Å². The van der Waals surface area contributed by atoms with E-state index in [-0.39, 0.29) is 5.91 Å². The van der Waals surface area contributed by atoms with E-state index in [0.29, 0.717) is 30.1 Å². The van der Waals surface area contributed by atoms with Crippen molar-refractivity contribution in [2.24, 2.45) is 0 Å². The fourth-order valence-corrected chi connectivity index (χ4v) is 4.94. The highest BCUT2D eigenvalue weighted by Gasteiger charge is 2.25. The smallest absolute Gasteiger partial charge is 0.251 e. The molecule has 1 saturated heterocycles. The van der Waals surface area contributed by atoms with Gasteiger partial charge in [-0.1, -0.05) is 35.7 Å². The third-order valence-corrected chi connectivity index (χ3v) is 6.73. The van der Waals surface area contributed by atoms with Gasteiger partial charge in [0.15, 0.2) is 0 Å². The highest BCUT2D eigenvalue weighted by Crippen LogP contribution is 2.21. The van der Waals surface area contributed by atoms with Crippen molar-refractivity contribution in [2.45, 2.75) is 44.6 Å². The number of sulfonamides is 1. The predicted octanol–water partition coefficient (Wildman–Crippen LogP) is 3.41. The SMILES string of the molecule is Cc1cc(C)cc(C(=O)NCc2ccc(S(=O)(=O)N3CCCCC3)cc2)c1. The quantitative estimate of drug-likeness (QED) is 0.856. The summed E-state index contributed by atoms with van der Waals surface area (Å²) in [4.78, 5) is 12.7. The first kappa shape index (κ1) is 19.6. The lowest BCUT2D eigenvalue weighted by molar-refractivity contribution is 0.0950. The summed E-state index contributed by atoms with van der Waals surface area (Å²) in [6, 6.07) is 12.5. The standard InChI is InChI=1S/C21H26N2O3S/c1-16-12-17(2)14-19(13-16)21(24)22-15-18-6-8-20(9-7-18)27(25,26)23-10-4-3-5-11-23/h6-9,12-14H,3-5,10-11,15H2,1-2H3,(H,22,24). The van der Waals surface area contributed by atoms with Crippen molar-refractivity contribution in [1.82, 2.24) is 9.62 Å². The molecule has 1 fully saturated rings. The number of aryl methyl sites for hydroxylation is 2. The normalized spacial score (nSPS) is 15.5. The number of piperidine rings is 1. The number of hydrogen-bond acceptors (Lipinski definition) is 3. The zero-order chi connectivity index (χ0) is 19.4. The van der Waals surface area contributed by atoms with E-state index in [1.54, 1.807) is 28.6 Å². The highest BCUT2D eigenvalue weighted by molar-refractivity contribution is 7.89. The van der Waals surface area contributed by atoms with Crippen molar-refractivity contribution < 1.29 is 13.2 Å². The van der Waals surface area contributed by atoms with E-state index in [0.717, 1.165) is 36.0 Å². The molecule has 0 radical (unpaired) electrons. The molecule has 0 aromatic heterocycles. The molecule has 3 rings (SSSR count). The highest BCUT2D eigenvalue weighted by atomic mass is 32.2. The molecule has 0 spiro atoms. The molecule has 1 heterocycles. The molecular formula is C21H26N2O3S. The van der Waals surface area contributed by atoms with Crippen LogP contribution in [0.5, 0.6) is 0 Å². The van der Waals surface area contributed by atoms with Gasteiger partial charge in [0.2, 0.25) is 10.0 Å². The molecule has 1 aliphatic rings.